The zero-order valence-corrected chi connectivity index (χ0v) is 6.99. The van der Waals surface area contributed by atoms with Crippen molar-refractivity contribution >= 4 is 0 Å². The van der Waals surface area contributed by atoms with E-state index < -0.39 is 0 Å². The van der Waals surface area contributed by atoms with Gasteiger partial charge in [0.2, 0.25) is 5.89 Å². The van der Waals surface area contributed by atoms with Crippen LogP contribution in [0.25, 0.3) is 0 Å². The van der Waals surface area contributed by atoms with Crippen LogP contribution in [-0.4, -0.2) is 16.7 Å². The molecule has 1 aromatic heterocycles. The highest BCUT2D eigenvalue weighted by atomic mass is 16.5. The van der Waals surface area contributed by atoms with Gasteiger partial charge in [0, 0.05) is 19.4 Å². The summed E-state index contributed by atoms with van der Waals surface area (Å²) in [5, 5.41) is 3.87. The van der Waals surface area contributed by atoms with E-state index in [-0.39, 0.29) is 0 Å². The monoisotopic (exact) mass is 167 g/mol. The van der Waals surface area contributed by atoms with E-state index >= 15 is 0 Å². The van der Waals surface area contributed by atoms with E-state index in [4.69, 9.17) is 10.3 Å². The summed E-state index contributed by atoms with van der Waals surface area (Å²) in [6.45, 7) is 0.574. The highest BCUT2D eigenvalue weighted by Gasteiger charge is 2.23. The normalized spacial score (nSPS) is 16.8. The lowest BCUT2D eigenvalue weighted by Gasteiger charge is -1.86. The summed E-state index contributed by atoms with van der Waals surface area (Å²) >= 11 is 0. The van der Waals surface area contributed by atoms with Crippen molar-refractivity contribution in [3.8, 4) is 0 Å². The SMILES string of the molecule is NCCc1nc(CC2CC2)no1. The fourth-order valence-electron chi connectivity index (χ4n) is 1.18. The first-order chi connectivity index (χ1) is 5.88. The average Bonchev–Trinajstić information content (AvgIpc) is 2.74. The molecule has 0 bridgehead atoms. The minimum atomic E-state index is 0.574. The second kappa shape index (κ2) is 3.23. The molecule has 0 aromatic carbocycles. The molecule has 4 nitrogen and oxygen atoms in total. The first kappa shape index (κ1) is 7.73. The molecule has 0 amide bonds. The van der Waals surface area contributed by atoms with Crippen molar-refractivity contribution in [1.82, 2.24) is 10.1 Å². The Labute approximate surface area is 71.1 Å². The molecule has 12 heavy (non-hydrogen) atoms. The molecule has 0 spiro atoms. The second-order valence-corrected chi connectivity index (χ2v) is 3.29. The van der Waals surface area contributed by atoms with Gasteiger partial charge in [-0.05, 0) is 18.8 Å². The van der Waals surface area contributed by atoms with Gasteiger partial charge < -0.3 is 10.3 Å². The molecule has 1 saturated carbocycles. The Hall–Kier alpha value is -0.900. The Morgan fingerprint density at radius 2 is 2.33 bits per heavy atom. The van der Waals surface area contributed by atoms with Crippen LogP contribution in [0.15, 0.2) is 4.52 Å². The predicted molar refractivity (Wildman–Crippen MR) is 43.5 cm³/mol. The molecule has 0 aliphatic heterocycles. The number of aromatic nitrogens is 2. The summed E-state index contributed by atoms with van der Waals surface area (Å²) in [6, 6.07) is 0. The molecular weight excluding hydrogens is 154 g/mol. The molecule has 1 aliphatic rings. The topological polar surface area (TPSA) is 64.9 Å². The first-order valence-electron chi connectivity index (χ1n) is 4.40. The third-order valence-corrected chi connectivity index (χ3v) is 2.04. The van der Waals surface area contributed by atoms with Crippen molar-refractivity contribution in [2.24, 2.45) is 11.7 Å². The zero-order valence-electron chi connectivity index (χ0n) is 6.99. The summed E-state index contributed by atoms with van der Waals surface area (Å²) < 4.78 is 4.99. The van der Waals surface area contributed by atoms with Gasteiger partial charge in [-0.25, -0.2) is 0 Å². The molecule has 2 N–H and O–H groups in total. The number of hydrogen-bond donors (Lipinski definition) is 1. The van der Waals surface area contributed by atoms with Gasteiger partial charge in [0.1, 0.15) is 0 Å². The molecule has 0 atom stereocenters. The lowest BCUT2D eigenvalue weighted by Crippen LogP contribution is -2.02. The largest absolute Gasteiger partial charge is 0.339 e. The van der Waals surface area contributed by atoms with Crippen LogP contribution < -0.4 is 5.73 Å². The van der Waals surface area contributed by atoms with E-state index in [1.165, 1.54) is 12.8 Å². The zero-order chi connectivity index (χ0) is 8.39. The molecule has 4 heteroatoms. The van der Waals surface area contributed by atoms with Crippen molar-refractivity contribution < 1.29 is 4.52 Å². The van der Waals surface area contributed by atoms with Gasteiger partial charge in [-0.3, -0.25) is 0 Å². The molecule has 0 saturated heterocycles. The summed E-state index contributed by atoms with van der Waals surface area (Å²) in [4.78, 5) is 4.22. The third kappa shape index (κ3) is 1.82. The summed E-state index contributed by atoms with van der Waals surface area (Å²) in [7, 11) is 0. The van der Waals surface area contributed by atoms with Gasteiger partial charge in [-0.15, -0.1) is 0 Å². The van der Waals surface area contributed by atoms with E-state index in [1.54, 1.807) is 0 Å². The lowest BCUT2D eigenvalue weighted by molar-refractivity contribution is 0.373. The molecule has 1 heterocycles. The Balaban J connectivity index is 1.92. The fraction of sp³-hybridized carbons (Fsp3) is 0.750. The Morgan fingerprint density at radius 1 is 1.50 bits per heavy atom. The van der Waals surface area contributed by atoms with E-state index in [0.29, 0.717) is 18.9 Å². The van der Waals surface area contributed by atoms with Crippen LogP contribution in [-0.2, 0) is 12.8 Å². The number of nitrogens with zero attached hydrogens (tertiary/aromatic N) is 2. The van der Waals surface area contributed by atoms with Crippen LogP contribution in [0.1, 0.15) is 24.6 Å². The van der Waals surface area contributed by atoms with Crippen molar-refractivity contribution in [2.45, 2.75) is 25.7 Å². The number of hydrogen-bond acceptors (Lipinski definition) is 4. The molecule has 0 radical (unpaired) electrons. The highest BCUT2D eigenvalue weighted by molar-refractivity contribution is 4.92. The molecule has 1 aliphatic carbocycles. The molecule has 0 unspecified atom stereocenters. The fourth-order valence-corrected chi connectivity index (χ4v) is 1.18. The van der Waals surface area contributed by atoms with Crippen LogP contribution in [0.5, 0.6) is 0 Å². The smallest absolute Gasteiger partial charge is 0.227 e. The summed E-state index contributed by atoms with van der Waals surface area (Å²) in [5.74, 6) is 2.34. The molecule has 1 fully saturated rings. The van der Waals surface area contributed by atoms with Gasteiger partial charge in [-0.1, -0.05) is 5.16 Å². The van der Waals surface area contributed by atoms with E-state index in [9.17, 15) is 0 Å². The third-order valence-electron chi connectivity index (χ3n) is 2.04. The van der Waals surface area contributed by atoms with Crippen LogP contribution in [0.2, 0.25) is 0 Å². The lowest BCUT2D eigenvalue weighted by atomic mass is 10.3. The standard InChI is InChI=1S/C8H13N3O/c9-4-3-8-10-7(11-12-8)5-6-1-2-6/h6H,1-5,9H2. The molecular formula is C8H13N3O. The number of nitrogens with two attached hydrogens (primary N) is 1. The molecule has 66 valence electrons. The average molecular weight is 167 g/mol. The molecule has 1 aromatic rings. The Bertz CT molecular complexity index is 255. The summed E-state index contributed by atoms with van der Waals surface area (Å²) in [6.07, 6.45) is 4.31. The van der Waals surface area contributed by atoms with Crippen molar-refractivity contribution in [3.63, 3.8) is 0 Å². The first-order valence-corrected chi connectivity index (χ1v) is 4.40. The van der Waals surface area contributed by atoms with Crippen LogP contribution >= 0.6 is 0 Å². The van der Waals surface area contributed by atoms with Crippen LogP contribution in [0.4, 0.5) is 0 Å². The van der Waals surface area contributed by atoms with Crippen LogP contribution in [0.3, 0.4) is 0 Å². The second-order valence-electron chi connectivity index (χ2n) is 3.29. The van der Waals surface area contributed by atoms with Crippen LogP contribution in [0, 0.1) is 5.92 Å². The van der Waals surface area contributed by atoms with Gasteiger partial charge in [-0.2, -0.15) is 4.98 Å². The Morgan fingerprint density at radius 3 is 3.00 bits per heavy atom. The molecule has 2 rings (SSSR count). The van der Waals surface area contributed by atoms with Crippen molar-refractivity contribution in [2.75, 3.05) is 6.54 Å². The van der Waals surface area contributed by atoms with E-state index in [1.807, 2.05) is 0 Å². The summed E-state index contributed by atoms with van der Waals surface area (Å²) in [5.41, 5.74) is 5.36. The Kier molecular flexibility index (Phi) is 2.08. The minimum absolute atomic E-state index is 0.574. The van der Waals surface area contributed by atoms with E-state index in [0.717, 1.165) is 18.2 Å². The van der Waals surface area contributed by atoms with Gasteiger partial charge >= 0.3 is 0 Å². The van der Waals surface area contributed by atoms with Crippen molar-refractivity contribution in [1.29, 1.82) is 0 Å². The number of rotatable bonds is 4. The quantitative estimate of drug-likeness (QED) is 0.710. The van der Waals surface area contributed by atoms with Gasteiger partial charge in [0.15, 0.2) is 5.82 Å². The maximum absolute atomic E-state index is 5.36. The predicted octanol–water partition coefficient (Wildman–Crippen LogP) is 0.523. The van der Waals surface area contributed by atoms with Gasteiger partial charge in [0.25, 0.3) is 0 Å². The van der Waals surface area contributed by atoms with E-state index in [2.05, 4.69) is 10.1 Å². The maximum atomic E-state index is 5.36. The maximum Gasteiger partial charge on any atom is 0.227 e. The van der Waals surface area contributed by atoms with Crippen molar-refractivity contribution in [3.05, 3.63) is 11.7 Å². The highest BCUT2D eigenvalue weighted by Crippen LogP contribution is 2.31. The minimum Gasteiger partial charge on any atom is -0.339 e. The van der Waals surface area contributed by atoms with Gasteiger partial charge in [0.05, 0.1) is 0 Å².